The largest absolute Gasteiger partial charge is 0.456 e. The molecule has 0 radical (unpaired) electrons. The molecule has 1 atom stereocenters. The summed E-state index contributed by atoms with van der Waals surface area (Å²) in [6, 6.07) is 13.6. The molecule has 1 unspecified atom stereocenters. The minimum atomic E-state index is -0.736. The average Bonchev–Trinajstić information content (AvgIpc) is 3.14. The zero-order chi connectivity index (χ0) is 25.9. The summed E-state index contributed by atoms with van der Waals surface area (Å²) in [4.78, 5) is 39.4. The van der Waals surface area contributed by atoms with Crippen molar-refractivity contribution in [3.63, 3.8) is 0 Å². The standard InChI is InChI=1S/C29H37N3O4/c1-28(2,3)36-27(35)21-9-11-22(12-10-21)31-26(34)24(30)17-20-7-13-23(14-8-20)32-19-29(18-25(32)33)15-5-4-6-16-29/h7-14,24H,4-6,15-19,30H2,1-3H3,(H,31,34). The summed E-state index contributed by atoms with van der Waals surface area (Å²) in [6.45, 7) is 6.24. The van der Waals surface area contributed by atoms with Gasteiger partial charge in [0, 0.05) is 24.3 Å². The van der Waals surface area contributed by atoms with Crippen LogP contribution in [-0.4, -0.2) is 36.0 Å². The first-order valence-electron chi connectivity index (χ1n) is 12.8. The Balaban J connectivity index is 1.31. The molecule has 2 aromatic rings. The van der Waals surface area contributed by atoms with Crippen molar-refractivity contribution in [3.8, 4) is 0 Å². The van der Waals surface area contributed by atoms with Gasteiger partial charge in [0.15, 0.2) is 0 Å². The molecule has 3 N–H and O–H groups in total. The van der Waals surface area contributed by atoms with Crippen LogP contribution in [0.25, 0.3) is 0 Å². The van der Waals surface area contributed by atoms with Crippen LogP contribution in [0.15, 0.2) is 48.5 Å². The molecule has 1 aliphatic carbocycles. The lowest BCUT2D eigenvalue weighted by atomic mass is 9.73. The molecule has 7 nitrogen and oxygen atoms in total. The molecule has 1 saturated heterocycles. The Hall–Kier alpha value is -3.19. The number of amides is 2. The van der Waals surface area contributed by atoms with Gasteiger partial charge >= 0.3 is 5.97 Å². The maximum atomic E-state index is 12.7. The van der Waals surface area contributed by atoms with Crippen molar-refractivity contribution in [2.75, 3.05) is 16.8 Å². The van der Waals surface area contributed by atoms with Gasteiger partial charge in [-0.05, 0) is 87.4 Å². The van der Waals surface area contributed by atoms with Crippen LogP contribution in [0.4, 0.5) is 11.4 Å². The minimum Gasteiger partial charge on any atom is -0.456 e. The normalized spacial score (nSPS) is 18.2. The summed E-state index contributed by atoms with van der Waals surface area (Å²) < 4.78 is 5.36. The number of nitrogens with zero attached hydrogens (tertiary/aromatic N) is 1. The lowest BCUT2D eigenvalue weighted by Crippen LogP contribution is -2.37. The summed E-state index contributed by atoms with van der Waals surface area (Å²) in [7, 11) is 0. The topological polar surface area (TPSA) is 102 Å². The van der Waals surface area contributed by atoms with Gasteiger partial charge in [0.05, 0.1) is 11.6 Å². The second kappa shape index (κ2) is 10.4. The Labute approximate surface area is 213 Å². The highest BCUT2D eigenvalue weighted by molar-refractivity contribution is 5.97. The number of hydrogen-bond donors (Lipinski definition) is 2. The smallest absolute Gasteiger partial charge is 0.338 e. The van der Waals surface area contributed by atoms with E-state index < -0.39 is 17.6 Å². The number of carbonyl (C=O) groups excluding carboxylic acids is 3. The molecule has 2 amide bonds. The third-order valence-corrected chi connectivity index (χ3v) is 7.06. The van der Waals surface area contributed by atoms with Crippen LogP contribution in [0, 0.1) is 5.41 Å². The van der Waals surface area contributed by atoms with Crippen LogP contribution < -0.4 is 16.0 Å². The van der Waals surface area contributed by atoms with E-state index in [1.807, 2.05) is 49.9 Å². The fourth-order valence-electron chi connectivity index (χ4n) is 5.19. The van der Waals surface area contributed by atoms with Gasteiger partial charge in [-0.2, -0.15) is 0 Å². The number of esters is 1. The lowest BCUT2D eigenvalue weighted by Gasteiger charge is -2.32. The molecule has 1 heterocycles. The highest BCUT2D eigenvalue weighted by atomic mass is 16.6. The molecule has 192 valence electrons. The molecule has 7 heteroatoms. The van der Waals surface area contributed by atoms with Crippen molar-refractivity contribution in [1.82, 2.24) is 0 Å². The van der Waals surface area contributed by atoms with Crippen molar-refractivity contribution in [2.45, 2.75) is 77.4 Å². The number of rotatable bonds is 6. The minimum absolute atomic E-state index is 0.152. The zero-order valence-corrected chi connectivity index (χ0v) is 21.5. The van der Waals surface area contributed by atoms with E-state index in [-0.39, 0.29) is 17.2 Å². The first-order chi connectivity index (χ1) is 17.0. The van der Waals surface area contributed by atoms with E-state index in [1.54, 1.807) is 24.3 Å². The van der Waals surface area contributed by atoms with Crippen molar-refractivity contribution >= 4 is 29.2 Å². The second-order valence-corrected chi connectivity index (χ2v) is 11.3. The lowest BCUT2D eigenvalue weighted by molar-refractivity contribution is -0.118. The van der Waals surface area contributed by atoms with Gasteiger partial charge in [0.25, 0.3) is 0 Å². The highest BCUT2D eigenvalue weighted by Gasteiger charge is 2.43. The molecular formula is C29H37N3O4. The highest BCUT2D eigenvalue weighted by Crippen LogP contribution is 2.45. The quantitative estimate of drug-likeness (QED) is 0.563. The van der Waals surface area contributed by atoms with E-state index in [4.69, 9.17) is 10.5 Å². The molecule has 2 fully saturated rings. The number of ether oxygens (including phenoxy) is 1. The van der Waals surface area contributed by atoms with Crippen LogP contribution in [0.2, 0.25) is 0 Å². The van der Waals surface area contributed by atoms with Gasteiger partial charge in [-0.25, -0.2) is 4.79 Å². The summed E-state index contributed by atoms with van der Waals surface area (Å²) in [5, 5.41) is 2.80. The van der Waals surface area contributed by atoms with Crippen LogP contribution >= 0.6 is 0 Å². The molecule has 0 aromatic heterocycles. The molecule has 2 aromatic carbocycles. The number of anilines is 2. The van der Waals surface area contributed by atoms with Gasteiger partial charge in [-0.3, -0.25) is 9.59 Å². The number of nitrogens with one attached hydrogen (secondary N) is 1. The Kier molecular flexibility index (Phi) is 7.50. The van der Waals surface area contributed by atoms with E-state index in [0.717, 1.165) is 30.6 Å². The van der Waals surface area contributed by atoms with Gasteiger partial charge in [-0.1, -0.05) is 31.4 Å². The molecule has 4 rings (SSSR count). The molecule has 36 heavy (non-hydrogen) atoms. The number of nitrogens with two attached hydrogens (primary N) is 1. The average molecular weight is 492 g/mol. The van der Waals surface area contributed by atoms with Crippen molar-refractivity contribution in [2.24, 2.45) is 11.1 Å². The molecule has 0 bridgehead atoms. The summed E-state index contributed by atoms with van der Waals surface area (Å²) >= 11 is 0. The fourth-order valence-corrected chi connectivity index (χ4v) is 5.19. The third-order valence-electron chi connectivity index (χ3n) is 7.06. The first kappa shape index (κ1) is 25.9. The zero-order valence-electron chi connectivity index (χ0n) is 21.5. The Bertz CT molecular complexity index is 1100. The van der Waals surface area contributed by atoms with E-state index in [2.05, 4.69) is 5.32 Å². The van der Waals surface area contributed by atoms with Crippen LogP contribution in [0.1, 0.15) is 75.2 Å². The van der Waals surface area contributed by atoms with Gasteiger partial charge < -0.3 is 20.7 Å². The summed E-state index contributed by atoms with van der Waals surface area (Å²) in [5.74, 6) is -0.512. The fraction of sp³-hybridized carbons (Fsp3) is 0.483. The Morgan fingerprint density at radius 3 is 2.28 bits per heavy atom. The molecule has 1 saturated carbocycles. The molecular weight excluding hydrogens is 454 g/mol. The number of carbonyl (C=O) groups is 3. The van der Waals surface area contributed by atoms with Crippen LogP contribution in [-0.2, 0) is 20.7 Å². The predicted octanol–water partition coefficient (Wildman–Crippen LogP) is 4.84. The van der Waals surface area contributed by atoms with E-state index in [0.29, 0.717) is 24.1 Å². The van der Waals surface area contributed by atoms with Crippen LogP contribution in [0.3, 0.4) is 0 Å². The summed E-state index contributed by atoms with van der Waals surface area (Å²) in [6.07, 6.45) is 7.01. The third kappa shape index (κ3) is 6.32. The Morgan fingerprint density at radius 2 is 1.67 bits per heavy atom. The van der Waals surface area contributed by atoms with E-state index in [9.17, 15) is 14.4 Å². The monoisotopic (exact) mass is 491 g/mol. The van der Waals surface area contributed by atoms with Crippen molar-refractivity contribution < 1.29 is 19.1 Å². The SMILES string of the molecule is CC(C)(C)OC(=O)c1ccc(NC(=O)C(N)Cc2ccc(N3CC4(CCCCC4)CC3=O)cc2)cc1. The van der Waals surface area contributed by atoms with E-state index in [1.165, 1.54) is 19.3 Å². The Morgan fingerprint density at radius 1 is 1.03 bits per heavy atom. The van der Waals surface area contributed by atoms with Gasteiger partial charge in [0.1, 0.15) is 5.60 Å². The van der Waals surface area contributed by atoms with Gasteiger partial charge in [-0.15, -0.1) is 0 Å². The predicted molar refractivity (Wildman–Crippen MR) is 141 cm³/mol. The number of benzene rings is 2. The van der Waals surface area contributed by atoms with Crippen molar-refractivity contribution in [3.05, 3.63) is 59.7 Å². The van der Waals surface area contributed by atoms with Crippen molar-refractivity contribution in [1.29, 1.82) is 0 Å². The van der Waals surface area contributed by atoms with Gasteiger partial charge in [0.2, 0.25) is 11.8 Å². The summed E-state index contributed by atoms with van der Waals surface area (Å²) in [5.41, 5.74) is 8.56. The molecule has 1 spiro atoms. The maximum absolute atomic E-state index is 12.7. The van der Waals surface area contributed by atoms with E-state index >= 15 is 0 Å². The maximum Gasteiger partial charge on any atom is 0.338 e. The second-order valence-electron chi connectivity index (χ2n) is 11.3. The number of hydrogen-bond acceptors (Lipinski definition) is 5. The molecule has 2 aliphatic rings. The van der Waals surface area contributed by atoms with Crippen LogP contribution in [0.5, 0.6) is 0 Å². The molecule has 1 aliphatic heterocycles. The first-order valence-corrected chi connectivity index (χ1v) is 12.8.